The summed E-state index contributed by atoms with van der Waals surface area (Å²) in [5.41, 5.74) is 0.185. The summed E-state index contributed by atoms with van der Waals surface area (Å²) in [6.45, 7) is -2.04. The quantitative estimate of drug-likeness (QED) is 0.0482. The second-order valence-electron chi connectivity index (χ2n) is 10.1. The minimum Gasteiger partial charge on any atom is -0.387 e. The molecule has 2 unspecified atom stereocenters. The number of rotatable bonds is 13. The molecule has 2 aliphatic heterocycles. The minimum atomic E-state index is -5.52. The van der Waals surface area contributed by atoms with Crippen LogP contribution in [0.4, 0.5) is 0 Å². The number of carbonyl (C=O) groups is 1. The third-order valence-corrected chi connectivity index (χ3v) is 10.7. The number of phosphoric ester groups is 3. The van der Waals surface area contributed by atoms with E-state index in [0.29, 0.717) is 4.48 Å². The predicted molar refractivity (Wildman–Crippen MR) is 150 cm³/mol. The van der Waals surface area contributed by atoms with Gasteiger partial charge in [-0.3, -0.25) is 4.52 Å². The Morgan fingerprint density at radius 1 is 0.958 bits per heavy atom. The molecular formula is C21H26AsN5O18P3+. The van der Waals surface area contributed by atoms with Crippen molar-refractivity contribution in [2.24, 2.45) is 0 Å². The topological polar surface area (TPSA) is 333 Å². The molecular weight excluding hydrogens is 778 g/mol. The molecule has 5 heterocycles. The number of nitrogens with zero attached hydrogens (tertiary/aromatic N) is 5. The van der Waals surface area contributed by atoms with Crippen molar-refractivity contribution in [2.45, 2.75) is 49.1 Å². The van der Waals surface area contributed by atoms with Gasteiger partial charge >= 0.3 is 172 Å². The Morgan fingerprint density at radius 3 is 2.23 bits per heavy atom. The molecule has 0 amide bonds. The second kappa shape index (κ2) is 14.3. The average molecular weight is 804 g/mol. The first-order valence-corrected chi connectivity index (χ1v) is 18.7. The Kier molecular flexibility index (Phi) is 11.0. The average Bonchev–Trinajstić information content (AvgIpc) is 3.64. The molecule has 2 saturated heterocycles. The fourth-order valence-electron chi connectivity index (χ4n) is 4.78. The summed E-state index contributed by atoms with van der Waals surface area (Å²) in [5, 5.41) is 40.7. The number of hydrogen-bond donors (Lipinski definition) is 8. The van der Waals surface area contributed by atoms with Gasteiger partial charge in [-0.05, 0) is 6.07 Å². The third-order valence-electron chi connectivity index (χ3n) is 6.90. The zero-order chi connectivity index (χ0) is 35.2. The molecule has 0 aromatic carbocycles. The molecule has 3 aromatic rings. The number of carboxylic acids is 1. The number of phosphoric acid groups is 3. The Morgan fingerprint density at radius 2 is 1.60 bits per heavy atom. The van der Waals surface area contributed by atoms with Crippen molar-refractivity contribution in [2.75, 3.05) is 13.2 Å². The van der Waals surface area contributed by atoms with Crippen molar-refractivity contribution in [3.63, 3.8) is 0 Å². The van der Waals surface area contributed by atoms with Gasteiger partial charge in [-0.1, -0.05) is 0 Å². The molecule has 10 atom stereocenters. The second-order valence-corrected chi connectivity index (χ2v) is 15.3. The molecule has 0 bridgehead atoms. The first-order valence-electron chi connectivity index (χ1n) is 13.2. The molecule has 0 aliphatic carbocycles. The molecule has 2 fully saturated rings. The molecule has 48 heavy (non-hydrogen) atoms. The summed E-state index contributed by atoms with van der Waals surface area (Å²) in [6, 6.07) is 2.59. The van der Waals surface area contributed by atoms with E-state index in [2.05, 4.69) is 40.6 Å². The van der Waals surface area contributed by atoms with Gasteiger partial charge in [-0.25, -0.2) is 9.36 Å². The Bertz CT molecular complexity index is 1810. The standard InChI is InChI=1S/C21H25AsN5O18P3/c22-17-12-18(24-7-23-17)27(8-25-12)20-16(44-46(33,34)35)14(29)11(43-20)6-41-48(38,39)45-47(36,37)40-5-10-13(28)15(30)19(42-10)26-3-1-2-9(4-26)21(31)32/h1-4,7-8,10-11,13-16,19-20,28-30H,5-6H2,(H4-,31,32,33,34,35,36,37,38,39)/p+1/t10-,11-,13-,14-,15-,16-,19-,20-/m1/s1. The Hall–Kier alpha value is -2.10. The maximum absolute atomic E-state index is 12.6. The van der Waals surface area contributed by atoms with Gasteiger partial charge in [-0.15, -0.1) is 0 Å². The fourth-order valence-corrected chi connectivity index (χ4v) is 7.86. The van der Waals surface area contributed by atoms with Crippen molar-refractivity contribution in [1.29, 1.82) is 0 Å². The molecule has 23 nitrogen and oxygen atoms in total. The molecule has 27 heteroatoms. The van der Waals surface area contributed by atoms with E-state index >= 15 is 0 Å². The first-order chi connectivity index (χ1) is 22.4. The largest absolute Gasteiger partial charge is 0.387 e. The van der Waals surface area contributed by atoms with Gasteiger partial charge in [0.05, 0.1) is 6.61 Å². The van der Waals surface area contributed by atoms with Gasteiger partial charge in [0.15, 0.2) is 18.5 Å². The summed E-state index contributed by atoms with van der Waals surface area (Å²) in [4.78, 5) is 62.3. The molecule has 0 spiro atoms. The minimum absolute atomic E-state index is 0.107. The maximum atomic E-state index is 12.6. The summed E-state index contributed by atoms with van der Waals surface area (Å²) >= 11 is 2.13. The Labute approximate surface area is 276 Å². The number of aliphatic hydroxyl groups excluding tert-OH is 3. The number of aromatic nitrogens is 5. The summed E-state index contributed by atoms with van der Waals surface area (Å²) in [6.07, 6.45) is -8.41. The van der Waals surface area contributed by atoms with Gasteiger partial charge in [0.25, 0.3) is 6.23 Å². The van der Waals surface area contributed by atoms with Crippen LogP contribution in [-0.2, 0) is 41.1 Å². The number of carboxylic acid groups (broad SMARTS) is 1. The number of imidazole rings is 1. The molecule has 0 saturated carbocycles. The molecule has 2 radical (unpaired) electrons. The zero-order valence-electron chi connectivity index (χ0n) is 23.7. The van der Waals surface area contributed by atoms with E-state index in [1.54, 1.807) is 0 Å². The van der Waals surface area contributed by atoms with Crippen LogP contribution in [0.3, 0.4) is 0 Å². The van der Waals surface area contributed by atoms with Crippen LogP contribution in [0.1, 0.15) is 22.8 Å². The smallest absolute Gasteiger partial charge is 0.186 e. The third kappa shape index (κ3) is 8.43. The van der Waals surface area contributed by atoms with Crippen molar-refractivity contribution >= 4 is 61.9 Å². The van der Waals surface area contributed by atoms with E-state index in [0.717, 1.165) is 28.0 Å². The van der Waals surface area contributed by atoms with Gasteiger partial charge in [0, 0.05) is 6.07 Å². The van der Waals surface area contributed by atoms with E-state index in [9.17, 15) is 58.5 Å². The van der Waals surface area contributed by atoms with Crippen LogP contribution < -0.4 is 9.05 Å². The summed E-state index contributed by atoms with van der Waals surface area (Å²) in [7, 11) is -16.3. The number of fused-ring (bicyclic) bond motifs is 1. The van der Waals surface area contributed by atoms with E-state index in [-0.39, 0.29) is 16.7 Å². The molecule has 2 aliphatic rings. The van der Waals surface area contributed by atoms with Crippen LogP contribution >= 0.6 is 23.5 Å². The van der Waals surface area contributed by atoms with E-state index in [1.807, 2.05) is 0 Å². The zero-order valence-corrected chi connectivity index (χ0v) is 28.2. The Balaban J connectivity index is 1.21. The van der Waals surface area contributed by atoms with Crippen LogP contribution in [0, 0.1) is 0 Å². The number of ether oxygens (including phenoxy) is 2. The SMILES string of the molecule is O=C(O)c1ccc[n+]([C@@H]2O[C@H](COP(=O)(O)OP(=O)(O)OC[C@H]3O[C@@H](n4cnc5c([As])ncnc54)[C@H](OP(=O)(O)O)[C@@H]3O)[C@@H](O)[C@H]2O)c1. The van der Waals surface area contributed by atoms with Crippen LogP contribution in [0.2, 0.25) is 0 Å². The molecule has 262 valence electrons. The van der Waals surface area contributed by atoms with Gasteiger partial charge in [0.1, 0.15) is 17.8 Å². The van der Waals surface area contributed by atoms with Crippen LogP contribution in [0.15, 0.2) is 37.2 Å². The van der Waals surface area contributed by atoms with Gasteiger partial charge < -0.3 is 24.9 Å². The molecule has 3 aromatic heterocycles. The van der Waals surface area contributed by atoms with E-state index in [1.165, 1.54) is 18.3 Å². The van der Waals surface area contributed by atoms with Crippen molar-refractivity contribution in [3.05, 3.63) is 42.7 Å². The number of aliphatic hydroxyl groups is 3. The van der Waals surface area contributed by atoms with Crippen molar-refractivity contribution < 1.29 is 90.4 Å². The van der Waals surface area contributed by atoms with E-state index < -0.39 is 91.7 Å². The van der Waals surface area contributed by atoms with Crippen LogP contribution in [0.5, 0.6) is 0 Å². The summed E-state index contributed by atoms with van der Waals surface area (Å²) in [5.74, 6) is -1.29. The number of hydrogen-bond acceptors (Lipinski definition) is 16. The molecule has 8 N–H and O–H groups in total. The number of pyridine rings is 1. The van der Waals surface area contributed by atoms with Crippen LogP contribution in [0.25, 0.3) is 11.2 Å². The number of aromatic carboxylic acids is 1. The normalized spacial score (nSPS) is 30.3. The summed E-state index contributed by atoms with van der Waals surface area (Å²) < 4.78 is 68.8. The van der Waals surface area contributed by atoms with Gasteiger partial charge in [-0.2, -0.15) is 4.57 Å². The predicted octanol–water partition coefficient (Wildman–Crippen LogP) is -3.09. The van der Waals surface area contributed by atoms with E-state index in [4.69, 9.17) is 18.5 Å². The van der Waals surface area contributed by atoms with Crippen LogP contribution in [-0.4, -0.2) is 132 Å². The first kappa shape index (κ1) is 37.2. The molecule has 5 rings (SSSR count). The maximum Gasteiger partial charge on any atom is 0.186 e. The van der Waals surface area contributed by atoms with Gasteiger partial charge in [0.2, 0.25) is 0 Å². The van der Waals surface area contributed by atoms with Crippen molar-refractivity contribution in [1.82, 2.24) is 19.5 Å². The monoisotopic (exact) mass is 804 g/mol. The van der Waals surface area contributed by atoms with Crippen molar-refractivity contribution in [3.8, 4) is 0 Å². The fraction of sp³-hybridized carbons (Fsp3) is 0.476.